The van der Waals surface area contributed by atoms with E-state index in [0.717, 1.165) is 18.8 Å². The molecule has 1 N–H and O–H groups in total. The first-order valence-corrected chi connectivity index (χ1v) is 9.53. The van der Waals surface area contributed by atoms with Gasteiger partial charge in [-0.25, -0.2) is 0 Å². The van der Waals surface area contributed by atoms with Crippen LogP contribution in [0.3, 0.4) is 0 Å². The molecule has 0 aliphatic carbocycles. The molecule has 0 rings (SSSR count). The Kier molecular flexibility index (Phi) is 12.6. The molecule has 0 aliphatic rings. The number of hydrogen-bond donors (Lipinski definition) is 1. The average molecular weight is 313 g/mol. The molecule has 22 heavy (non-hydrogen) atoms. The van der Waals surface area contributed by atoms with Crippen molar-refractivity contribution in [3.8, 4) is 0 Å². The van der Waals surface area contributed by atoms with E-state index in [4.69, 9.17) is 5.11 Å². The lowest BCUT2D eigenvalue weighted by Gasteiger charge is -2.23. The van der Waals surface area contributed by atoms with Crippen molar-refractivity contribution in [2.45, 2.75) is 111 Å². The zero-order chi connectivity index (χ0) is 16.8. The van der Waals surface area contributed by atoms with Crippen molar-refractivity contribution < 1.29 is 9.90 Å². The van der Waals surface area contributed by atoms with Crippen LogP contribution in [-0.4, -0.2) is 11.1 Å². The predicted octanol–water partition coefficient (Wildman–Crippen LogP) is 6.82. The summed E-state index contributed by atoms with van der Waals surface area (Å²) in [7, 11) is 0. The zero-order valence-electron chi connectivity index (χ0n) is 15.6. The SMILES string of the molecule is CC(CCCCCCCCCCCCC(=O)O)CC(C)(C)C. The molecule has 132 valence electrons. The Labute approximate surface area is 139 Å². The van der Waals surface area contributed by atoms with Crippen LogP contribution in [0, 0.1) is 11.3 Å². The monoisotopic (exact) mass is 312 g/mol. The van der Waals surface area contributed by atoms with Gasteiger partial charge < -0.3 is 5.11 Å². The van der Waals surface area contributed by atoms with E-state index in [0.29, 0.717) is 11.8 Å². The van der Waals surface area contributed by atoms with Crippen LogP contribution < -0.4 is 0 Å². The van der Waals surface area contributed by atoms with Crippen LogP contribution in [0.2, 0.25) is 0 Å². The fourth-order valence-electron chi connectivity index (χ4n) is 3.33. The number of carbonyl (C=O) groups is 1. The van der Waals surface area contributed by atoms with E-state index in [-0.39, 0.29) is 0 Å². The number of carboxylic acids is 1. The summed E-state index contributed by atoms with van der Waals surface area (Å²) in [4.78, 5) is 10.4. The van der Waals surface area contributed by atoms with Gasteiger partial charge in [0, 0.05) is 6.42 Å². The van der Waals surface area contributed by atoms with Crippen LogP contribution in [-0.2, 0) is 4.79 Å². The molecule has 1 atom stereocenters. The van der Waals surface area contributed by atoms with E-state index in [1.54, 1.807) is 0 Å². The number of hydrogen-bond acceptors (Lipinski definition) is 1. The van der Waals surface area contributed by atoms with E-state index >= 15 is 0 Å². The van der Waals surface area contributed by atoms with Crippen LogP contribution in [0.1, 0.15) is 111 Å². The predicted molar refractivity (Wildman–Crippen MR) is 96.3 cm³/mol. The van der Waals surface area contributed by atoms with Crippen molar-refractivity contribution in [1.82, 2.24) is 0 Å². The quantitative estimate of drug-likeness (QED) is 0.357. The molecular weight excluding hydrogens is 272 g/mol. The summed E-state index contributed by atoms with van der Waals surface area (Å²) in [5.74, 6) is 0.211. The van der Waals surface area contributed by atoms with Crippen LogP contribution in [0.15, 0.2) is 0 Å². The summed E-state index contributed by atoms with van der Waals surface area (Å²) in [6, 6.07) is 0. The van der Waals surface area contributed by atoms with Gasteiger partial charge in [-0.2, -0.15) is 0 Å². The lowest BCUT2D eigenvalue weighted by molar-refractivity contribution is -0.137. The van der Waals surface area contributed by atoms with Gasteiger partial charge in [0.05, 0.1) is 0 Å². The second-order valence-corrected chi connectivity index (χ2v) is 8.34. The fraction of sp³-hybridized carbons (Fsp3) is 0.950. The first kappa shape index (κ1) is 21.5. The molecule has 0 aromatic rings. The summed E-state index contributed by atoms with van der Waals surface area (Å²) in [5, 5.41) is 8.55. The third-order valence-electron chi connectivity index (χ3n) is 4.30. The Hall–Kier alpha value is -0.530. The molecule has 0 aliphatic heterocycles. The van der Waals surface area contributed by atoms with E-state index in [1.807, 2.05) is 0 Å². The third kappa shape index (κ3) is 17.5. The van der Waals surface area contributed by atoms with Crippen molar-refractivity contribution in [3.63, 3.8) is 0 Å². The number of unbranched alkanes of at least 4 members (excludes halogenated alkanes) is 9. The molecule has 0 saturated carbocycles. The van der Waals surface area contributed by atoms with Crippen molar-refractivity contribution in [2.24, 2.45) is 11.3 Å². The van der Waals surface area contributed by atoms with Crippen molar-refractivity contribution >= 4 is 5.97 Å². The van der Waals surface area contributed by atoms with E-state index < -0.39 is 5.97 Å². The van der Waals surface area contributed by atoms with Gasteiger partial charge in [0.25, 0.3) is 0 Å². The summed E-state index contributed by atoms with van der Waals surface area (Å²) >= 11 is 0. The molecule has 0 bridgehead atoms. The molecule has 0 saturated heterocycles. The Morgan fingerprint density at radius 3 is 1.64 bits per heavy atom. The van der Waals surface area contributed by atoms with Gasteiger partial charge in [-0.15, -0.1) is 0 Å². The summed E-state index contributed by atoms with van der Waals surface area (Å²) < 4.78 is 0. The van der Waals surface area contributed by atoms with Gasteiger partial charge in [0.1, 0.15) is 0 Å². The smallest absolute Gasteiger partial charge is 0.303 e. The summed E-state index contributed by atoms with van der Waals surface area (Å²) in [6.45, 7) is 9.41. The molecule has 0 aromatic heterocycles. The Morgan fingerprint density at radius 2 is 1.23 bits per heavy atom. The second-order valence-electron chi connectivity index (χ2n) is 8.34. The van der Waals surface area contributed by atoms with Crippen LogP contribution in [0.4, 0.5) is 0 Å². The lowest BCUT2D eigenvalue weighted by Crippen LogP contribution is -2.10. The molecule has 0 aromatic carbocycles. The lowest BCUT2D eigenvalue weighted by atomic mass is 9.83. The van der Waals surface area contributed by atoms with Crippen molar-refractivity contribution in [2.75, 3.05) is 0 Å². The Bertz CT molecular complexity index is 265. The Balaban J connectivity index is 3.19. The molecule has 0 radical (unpaired) electrons. The van der Waals surface area contributed by atoms with E-state index in [2.05, 4.69) is 27.7 Å². The molecule has 1 unspecified atom stereocenters. The number of aliphatic carboxylic acids is 1. The summed E-state index contributed by atoms with van der Waals surface area (Å²) in [5.41, 5.74) is 0.476. The second kappa shape index (κ2) is 13.0. The van der Waals surface area contributed by atoms with Gasteiger partial charge in [0.15, 0.2) is 0 Å². The molecule has 0 amide bonds. The molecular formula is C20H40O2. The molecule has 0 fully saturated rings. The standard InChI is InChI=1S/C20H40O2/c1-18(17-20(2,3)4)15-13-11-9-7-5-6-8-10-12-14-16-19(21)22/h18H,5-17H2,1-4H3,(H,21,22). The maximum Gasteiger partial charge on any atom is 0.303 e. The molecule has 0 spiro atoms. The van der Waals surface area contributed by atoms with E-state index in [1.165, 1.54) is 64.2 Å². The first-order valence-electron chi connectivity index (χ1n) is 9.53. The van der Waals surface area contributed by atoms with Gasteiger partial charge in [-0.1, -0.05) is 91.9 Å². The fourth-order valence-corrected chi connectivity index (χ4v) is 3.33. The highest BCUT2D eigenvalue weighted by Crippen LogP contribution is 2.27. The van der Waals surface area contributed by atoms with Crippen molar-refractivity contribution in [3.05, 3.63) is 0 Å². The number of carboxylic acid groups (broad SMARTS) is 1. The average Bonchev–Trinajstić information content (AvgIpc) is 2.37. The maximum atomic E-state index is 10.4. The molecule has 2 nitrogen and oxygen atoms in total. The first-order chi connectivity index (χ1) is 10.3. The highest BCUT2D eigenvalue weighted by molar-refractivity contribution is 5.66. The normalized spacial score (nSPS) is 13.3. The maximum absolute atomic E-state index is 10.4. The molecule has 2 heteroatoms. The zero-order valence-corrected chi connectivity index (χ0v) is 15.6. The minimum Gasteiger partial charge on any atom is -0.481 e. The Morgan fingerprint density at radius 1 is 0.818 bits per heavy atom. The minimum atomic E-state index is -0.656. The number of rotatable bonds is 14. The highest BCUT2D eigenvalue weighted by Gasteiger charge is 2.14. The van der Waals surface area contributed by atoms with Gasteiger partial charge >= 0.3 is 5.97 Å². The minimum absolute atomic E-state index is 0.341. The van der Waals surface area contributed by atoms with Gasteiger partial charge in [0.2, 0.25) is 0 Å². The summed E-state index contributed by atoms with van der Waals surface area (Å²) in [6.07, 6.45) is 15.7. The largest absolute Gasteiger partial charge is 0.481 e. The highest BCUT2D eigenvalue weighted by atomic mass is 16.4. The topological polar surface area (TPSA) is 37.3 Å². The van der Waals surface area contributed by atoms with Gasteiger partial charge in [-0.3, -0.25) is 4.79 Å². The van der Waals surface area contributed by atoms with E-state index in [9.17, 15) is 4.79 Å². The third-order valence-corrected chi connectivity index (χ3v) is 4.30. The van der Waals surface area contributed by atoms with Crippen LogP contribution in [0.5, 0.6) is 0 Å². The molecule has 0 heterocycles. The van der Waals surface area contributed by atoms with Crippen LogP contribution in [0.25, 0.3) is 0 Å². The van der Waals surface area contributed by atoms with Crippen LogP contribution >= 0.6 is 0 Å². The van der Waals surface area contributed by atoms with Crippen molar-refractivity contribution in [1.29, 1.82) is 0 Å². The van der Waals surface area contributed by atoms with Gasteiger partial charge in [-0.05, 0) is 24.2 Å².